The lowest BCUT2D eigenvalue weighted by atomic mass is 10.1. The third kappa shape index (κ3) is 3.32. The van der Waals surface area contributed by atoms with Crippen molar-refractivity contribution in [2.75, 3.05) is 11.9 Å². The minimum absolute atomic E-state index is 0.0270. The van der Waals surface area contributed by atoms with Crippen LogP contribution in [0.25, 0.3) is 10.9 Å². The molecule has 0 saturated carbocycles. The van der Waals surface area contributed by atoms with Crippen LogP contribution in [0.4, 0.5) is 5.82 Å². The summed E-state index contributed by atoms with van der Waals surface area (Å²) in [4.78, 5) is 16.0. The van der Waals surface area contributed by atoms with E-state index in [0.29, 0.717) is 15.9 Å². The van der Waals surface area contributed by atoms with Crippen molar-refractivity contribution in [3.8, 4) is 0 Å². The van der Waals surface area contributed by atoms with Crippen LogP contribution in [0.3, 0.4) is 0 Å². The Morgan fingerprint density at radius 3 is 2.58 bits per heavy atom. The summed E-state index contributed by atoms with van der Waals surface area (Å²) in [5.41, 5.74) is 1.49. The molecule has 1 heterocycles. The highest BCUT2D eigenvalue weighted by Crippen LogP contribution is 2.26. The van der Waals surface area contributed by atoms with E-state index < -0.39 is 12.0 Å². The number of halogens is 1. The maximum absolute atomic E-state index is 11.6. The SMILES string of the molecule is O=C(O)c1cc2cc(Cl)ccc2nc1NC(CO)c1ccccc1. The molecule has 0 aliphatic carbocycles. The van der Waals surface area contributed by atoms with Gasteiger partial charge in [0.1, 0.15) is 11.4 Å². The van der Waals surface area contributed by atoms with Gasteiger partial charge >= 0.3 is 5.97 Å². The first kappa shape index (κ1) is 16.2. The molecule has 0 radical (unpaired) electrons. The van der Waals surface area contributed by atoms with Gasteiger partial charge in [-0.3, -0.25) is 0 Å². The summed E-state index contributed by atoms with van der Waals surface area (Å²) >= 11 is 5.95. The maximum Gasteiger partial charge on any atom is 0.339 e. The highest BCUT2D eigenvalue weighted by Gasteiger charge is 2.18. The molecule has 0 aliphatic rings. The Balaban J connectivity index is 2.05. The first-order chi connectivity index (χ1) is 11.6. The average molecular weight is 343 g/mol. The molecule has 3 aromatic rings. The molecule has 0 spiro atoms. The van der Waals surface area contributed by atoms with E-state index >= 15 is 0 Å². The quantitative estimate of drug-likeness (QED) is 0.658. The second-order valence-electron chi connectivity index (χ2n) is 5.32. The fourth-order valence-electron chi connectivity index (χ4n) is 2.51. The van der Waals surface area contributed by atoms with Gasteiger partial charge in [-0.25, -0.2) is 9.78 Å². The van der Waals surface area contributed by atoms with Gasteiger partial charge < -0.3 is 15.5 Å². The number of aliphatic hydroxyl groups is 1. The van der Waals surface area contributed by atoms with E-state index in [1.807, 2.05) is 30.3 Å². The van der Waals surface area contributed by atoms with Crippen molar-refractivity contribution in [3.63, 3.8) is 0 Å². The molecule has 0 aliphatic heterocycles. The number of rotatable bonds is 5. The number of carboxylic acid groups (broad SMARTS) is 1. The molecule has 2 aromatic carbocycles. The number of nitrogens with one attached hydrogen (secondary N) is 1. The van der Waals surface area contributed by atoms with E-state index in [4.69, 9.17) is 11.6 Å². The van der Waals surface area contributed by atoms with E-state index in [2.05, 4.69) is 10.3 Å². The van der Waals surface area contributed by atoms with Gasteiger partial charge in [0, 0.05) is 10.4 Å². The number of nitrogens with zero attached hydrogens (tertiary/aromatic N) is 1. The Morgan fingerprint density at radius 2 is 1.92 bits per heavy atom. The molecule has 0 fully saturated rings. The Morgan fingerprint density at radius 1 is 1.17 bits per heavy atom. The Kier molecular flexibility index (Phi) is 4.64. The molecule has 1 atom stereocenters. The Bertz CT molecular complexity index is 884. The van der Waals surface area contributed by atoms with Gasteiger partial charge in [-0.15, -0.1) is 0 Å². The van der Waals surface area contributed by atoms with Gasteiger partial charge in [0.15, 0.2) is 0 Å². The zero-order valence-electron chi connectivity index (χ0n) is 12.6. The molecule has 24 heavy (non-hydrogen) atoms. The van der Waals surface area contributed by atoms with Crippen LogP contribution < -0.4 is 5.32 Å². The number of aliphatic hydroxyl groups excluding tert-OH is 1. The van der Waals surface area contributed by atoms with Crippen LogP contribution in [0.1, 0.15) is 22.0 Å². The molecule has 0 saturated heterocycles. The van der Waals surface area contributed by atoms with Crippen molar-refractivity contribution in [1.82, 2.24) is 4.98 Å². The number of anilines is 1. The number of aromatic nitrogens is 1. The van der Waals surface area contributed by atoms with Crippen LogP contribution in [-0.4, -0.2) is 27.8 Å². The molecule has 3 rings (SSSR count). The second-order valence-corrected chi connectivity index (χ2v) is 5.75. The van der Waals surface area contributed by atoms with E-state index in [1.54, 1.807) is 18.2 Å². The molecule has 6 heteroatoms. The molecule has 3 N–H and O–H groups in total. The highest BCUT2D eigenvalue weighted by molar-refractivity contribution is 6.31. The van der Waals surface area contributed by atoms with Gasteiger partial charge in [0.2, 0.25) is 0 Å². The summed E-state index contributed by atoms with van der Waals surface area (Å²) in [7, 11) is 0. The monoisotopic (exact) mass is 342 g/mol. The van der Waals surface area contributed by atoms with E-state index in [0.717, 1.165) is 5.56 Å². The van der Waals surface area contributed by atoms with E-state index in [9.17, 15) is 15.0 Å². The van der Waals surface area contributed by atoms with Crippen LogP contribution in [0.15, 0.2) is 54.6 Å². The zero-order valence-corrected chi connectivity index (χ0v) is 13.4. The topological polar surface area (TPSA) is 82.5 Å². The molecule has 1 aromatic heterocycles. The summed E-state index contributed by atoms with van der Waals surface area (Å²) in [5.74, 6) is -0.892. The van der Waals surface area contributed by atoms with Gasteiger partial charge in [-0.1, -0.05) is 41.9 Å². The van der Waals surface area contributed by atoms with E-state index in [1.165, 1.54) is 6.07 Å². The average Bonchev–Trinajstić information content (AvgIpc) is 2.59. The fraction of sp³-hybridized carbons (Fsp3) is 0.111. The third-order valence-electron chi connectivity index (χ3n) is 3.70. The summed E-state index contributed by atoms with van der Waals surface area (Å²) in [6, 6.07) is 15.5. The van der Waals surface area contributed by atoms with Crippen molar-refractivity contribution in [1.29, 1.82) is 0 Å². The van der Waals surface area contributed by atoms with Gasteiger partial charge in [0.25, 0.3) is 0 Å². The van der Waals surface area contributed by atoms with Crippen LogP contribution in [0, 0.1) is 0 Å². The maximum atomic E-state index is 11.6. The lowest BCUT2D eigenvalue weighted by molar-refractivity contribution is 0.0697. The second kappa shape index (κ2) is 6.86. The summed E-state index contributed by atoms with van der Waals surface area (Å²) in [6.45, 7) is -0.191. The number of fused-ring (bicyclic) bond motifs is 1. The number of carboxylic acids is 1. The third-order valence-corrected chi connectivity index (χ3v) is 3.94. The molecular weight excluding hydrogens is 328 g/mol. The van der Waals surface area contributed by atoms with Crippen LogP contribution in [0.2, 0.25) is 5.02 Å². The number of benzene rings is 2. The summed E-state index contributed by atoms with van der Waals surface area (Å²) in [5, 5.41) is 23.3. The zero-order chi connectivity index (χ0) is 17.1. The number of carbonyl (C=O) groups is 1. The minimum Gasteiger partial charge on any atom is -0.478 e. The summed E-state index contributed by atoms with van der Waals surface area (Å²) in [6.07, 6.45) is 0. The molecule has 122 valence electrons. The van der Waals surface area contributed by atoms with Crippen LogP contribution in [-0.2, 0) is 0 Å². The first-order valence-corrected chi connectivity index (χ1v) is 7.72. The van der Waals surface area contributed by atoms with Crippen LogP contribution >= 0.6 is 11.6 Å². The fourth-order valence-corrected chi connectivity index (χ4v) is 2.69. The Hall–Kier alpha value is -2.63. The van der Waals surface area contributed by atoms with E-state index in [-0.39, 0.29) is 18.0 Å². The minimum atomic E-state index is -1.10. The molecular formula is C18H15ClN2O3. The van der Waals surface area contributed by atoms with Crippen LogP contribution in [0.5, 0.6) is 0 Å². The van der Waals surface area contributed by atoms with Gasteiger partial charge in [-0.05, 0) is 29.8 Å². The Labute approximate surface area is 143 Å². The number of hydrogen-bond donors (Lipinski definition) is 3. The van der Waals surface area contributed by atoms with Gasteiger partial charge in [0.05, 0.1) is 18.2 Å². The largest absolute Gasteiger partial charge is 0.478 e. The predicted molar refractivity (Wildman–Crippen MR) is 93.6 cm³/mol. The molecule has 1 unspecified atom stereocenters. The van der Waals surface area contributed by atoms with Crippen molar-refractivity contribution in [3.05, 3.63) is 70.7 Å². The number of hydrogen-bond acceptors (Lipinski definition) is 4. The predicted octanol–water partition coefficient (Wildman–Crippen LogP) is 3.73. The molecule has 0 amide bonds. The number of pyridine rings is 1. The van der Waals surface area contributed by atoms with Crippen molar-refractivity contribution in [2.24, 2.45) is 0 Å². The normalized spacial score (nSPS) is 12.1. The van der Waals surface area contributed by atoms with Crippen molar-refractivity contribution >= 4 is 34.3 Å². The smallest absolute Gasteiger partial charge is 0.339 e. The molecule has 5 nitrogen and oxygen atoms in total. The lowest BCUT2D eigenvalue weighted by Crippen LogP contribution is -2.18. The molecule has 0 bridgehead atoms. The van der Waals surface area contributed by atoms with Crippen molar-refractivity contribution in [2.45, 2.75) is 6.04 Å². The first-order valence-electron chi connectivity index (χ1n) is 7.34. The summed E-state index contributed by atoms with van der Waals surface area (Å²) < 4.78 is 0. The van der Waals surface area contributed by atoms with Crippen molar-refractivity contribution < 1.29 is 15.0 Å². The highest BCUT2D eigenvalue weighted by atomic mass is 35.5. The lowest BCUT2D eigenvalue weighted by Gasteiger charge is -2.19. The standard InChI is InChI=1S/C18H15ClN2O3/c19-13-6-7-15-12(8-13)9-14(18(23)24)17(20-15)21-16(10-22)11-4-2-1-3-5-11/h1-9,16,22H,10H2,(H,20,21)(H,23,24). The number of aromatic carboxylic acids is 1. The van der Waals surface area contributed by atoms with Gasteiger partial charge in [-0.2, -0.15) is 0 Å².